The molecule has 0 aromatic carbocycles. The Labute approximate surface area is 103 Å². The van der Waals surface area contributed by atoms with E-state index in [9.17, 15) is 18.3 Å². The van der Waals surface area contributed by atoms with Crippen molar-refractivity contribution >= 4 is 0 Å². The number of rotatable bonds is 2. The Hall–Kier alpha value is -1.14. The summed E-state index contributed by atoms with van der Waals surface area (Å²) in [5, 5.41) is 10.1. The van der Waals surface area contributed by atoms with Gasteiger partial charge in [0.25, 0.3) is 0 Å². The van der Waals surface area contributed by atoms with Crippen LogP contribution in [0.3, 0.4) is 0 Å². The van der Waals surface area contributed by atoms with Gasteiger partial charge in [0.15, 0.2) is 0 Å². The lowest BCUT2D eigenvalue weighted by molar-refractivity contribution is -0.141. The van der Waals surface area contributed by atoms with Gasteiger partial charge in [-0.25, -0.2) is 0 Å². The lowest BCUT2D eigenvalue weighted by Crippen LogP contribution is -2.22. The topological polar surface area (TPSA) is 42.4 Å². The third-order valence-corrected chi connectivity index (χ3v) is 3.13. The number of aromatic nitrogens is 1. The molecule has 1 unspecified atom stereocenters. The molecule has 1 saturated heterocycles. The molecule has 2 rings (SSSR count). The van der Waals surface area contributed by atoms with Gasteiger partial charge in [0.1, 0.15) is 5.69 Å². The number of aliphatic hydroxyl groups is 1. The molecule has 18 heavy (non-hydrogen) atoms. The number of halogens is 3. The summed E-state index contributed by atoms with van der Waals surface area (Å²) in [5.74, 6) is 0.0253. The van der Waals surface area contributed by atoms with Gasteiger partial charge >= 0.3 is 6.18 Å². The molecule has 0 spiro atoms. The quantitative estimate of drug-likeness (QED) is 0.889. The van der Waals surface area contributed by atoms with Crippen LogP contribution in [-0.4, -0.2) is 23.3 Å². The molecule has 0 bridgehead atoms. The van der Waals surface area contributed by atoms with E-state index >= 15 is 0 Å². The van der Waals surface area contributed by atoms with Crippen LogP contribution in [-0.2, 0) is 10.9 Å². The van der Waals surface area contributed by atoms with Crippen LogP contribution in [0.5, 0.6) is 0 Å². The lowest BCUT2D eigenvalue weighted by atomic mass is 9.90. The van der Waals surface area contributed by atoms with Crippen molar-refractivity contribution in [3.63, 3.8) is 0 Å². The highest BCUT2D eigenvalue weighted by Crippen LogP contribution is 2.32. The maximum absolute atomic E-state index is 12.3. The van der Waals surface area contributed by atoms with Gasteiger partial charge in [0, 0.05) is 19.4 Å². The van der Waals surface area contributed by atoms with E-state index in [0.29, 0.717) is 31.6 Å². The predicted octanol–water partition coefficient (Wildman–Crippen LogP) is 2.56. The SMILES string of the molecule is OC(c1ccc(C(F)(F)F)nc1)C1CCOCC1. The standard InChI is InChI=1S/C12H14F3NO2/c13-12(14,15)10-2-1-9(7-16-10)11(17)8-3-5-18-6-4-8/h1-2,7-8,11,17H,3-6H2. The van der Waals surface area contributed by atoms with Crippen LogP contribution in [0.25, 0.3) is 0 Å². The average molecular weight is 261 g/mol. The fraction of sp³-hybridized carbons (Fsp3) is 0.583. The van der Waals surface area contributed by atoms with Crippen LogP contribution in [0.1, 0.15) is 30.2 Å². The second kappa shape index (κ2) is 5.24. The Morgan fingerprint density at radius 3 is 2.44 bits per heavy atom. The zero-order valence-corrected chi connectivity index (χ0v) is 9.65. The minimum Gasteiger partial charge on any atom is -0.388 e. The van der Waals surface area contributed by atoms with Crippen molar-refractivity contribution in [3.8, 4) is 0 Å². The van der Waals surface area contributed by atoms with Gasteiger partial charge in [-0.05, 0) is 30.4 Å². The summed E-state index contributed by atoms with van der Waals surface area (Å²) < 4.78 is 42.2. The third-order valence-electron chi connectivity index (χ3n) is 3.13. The smallest absolute Gasteiger partial charge is 0.388 e. The van der Waals surface area contributed by atoms with E-state index in [1.54, 1.807) is 0 Å². The van der Waals surface area contributed by atoms with E-state index < -0.39 is 18.0 Å². The Morgan fingerprint density at radius 2 is 1.94 bits per heavy atom. The van der Waals surface area contributed by atoms with Crippen molar-refractivity contribution < 1.29 is 23.0 Å². The Morgan fingerprint density at radius 1 is 1.28 bits per heavy atom. The number of alkyl halides is 3. The highest BCUT2D eigenvalue weighted by molar-refractivity contribution is 5.18. The van der Waals surface area contributed by atoms with Gasteiger partial charge in [-0.3, -0.25) is 4.98 Å². The Balaban J connectivity index is 2.09. The molecule has 0 saturated carbocycles. The number of nitrogens with zero attached hydrogens (tertiary/aromatic N) is 1. The van der Waals surface area contributed by atoms with E-state index in [4.69, 9.17) is 4.74 Å². The maximum atomic E-state index is 12.3. The van der Waals surface area contributed by atoms with Crippen LogP contribution in [0.4, 0.5) is 13.2 Å². The van der Waals surface area contributed by atoms with Gasteiger partial charge in [-0.15, -0.1) is 0 Å². The molecular weight excluding hydrogens is 247 g/mol. The molecule has 1 aliphatic rings. The summed E-state index contributed by atoms with van der Waals surface area (Å²) in [6, 6.07) is 2.19. The van der Waals surface area contributed by atoms with E-state index in [1.807, 2.05) is 0 Å². The molecule has 1 atom stereocenters. The number of hydrogen-bond acceptors (Lipinski definition) is 3. The molecule has 2 heterocycles. The van der Waals surface area contributed by atoms with Gasteiger partial charge in [0.05, 0.1) is 6.10 Å². The molecule has 1 aromatic rings. The van der Waals surface area contributed by atoms with Crippen molar-refractivity contribution in [1.82, 2.24) is 4.98 Å². The summed E-state index contributed by atoms with van der Waals surface area (Å²) in [7, 11) is 0. The molecule has 1 aromatic heterocycles. The van der Waals surface area contributed by atoms with E-state index in [1.165, 1.54) is 6.07 Å². The summed E-state index contributed by atoms with van der Waals surface area (Å²) in [6.45, 7) is 1.16. The molecule has 100 valence electrons. The zero-order valence-electron chi connectivity index (χ0n) is 9.65. The van der Waals surface area contributed by atoms with Gasteiger partial charge < -0.3 is 9.84 Å². The fourth-order valence-electron chi connectivity index (χ4n) is 2.05. The van der Waals surface area contributed by atoms with Crippen molar-refractivity contribution in [2.75, 3.05) is 13.2 Å². The molecule has 1 N–H and O–H groups in total. The maximum Gasteiger partial charge on any atom is 0.433 e. The summed E-state index contributed by atoms with van der Waals surface area (Å²) in [5.41, 5.74) is -0.514. The predicted molar refractivity (Wildman–Crippen MR) is 57.7 cm³/mol. The zero-order chi connectivity index (χ0) is 13.2. The molecule has 1 fully saturated rings. The third kappa shape index (κ3) is 3.00. The Kier molecular flexibility index (Phi) is 3.87. The molecule has 0 amide bonds. The monoisotopic (exact) mass is 261 g/mol. The van der Waals surface area contributed by atoms with Crippen LogP contribution in [0.2, 0.25) is 0 Å². The second-order valence-electron chi connectivity index (χ2n) is 4.37. The van der Waals surface area contributed by atoms with Crippen molar-refractivity contribution in [2.24, 2.45) is 5.92 Å². The van der Waals surface area contributed by atoms with Crippen LogP contribution in [0.15, 0.2) is 18.3 Å². The average Bonchev–Trinajstić information content (AvgIpc) is 2.38. The van der Waals surface area contributed by atoms with E-state index in [2.05, 4.69) is 4.98 Å². The number of ether oxygens (including phenoxy) is 1. The van der Waals surface area contributed by atoms with Crippen LogP contribution >= 0.6 is 0 Å². The number of hydrogen-bond donors (Lipinski definition) is 1. The van der Waals surface area contributed by atoms with Gasteiger partial charge in [0.2, 0.25) is 0 Å². The molecule has 6 heteroatoms. The van der Waals surface area contributed by atoms with Crippen LogP contribution < -0.4 is 0 Å². The highest BCUT2D eigenvalue weighted by atomic mass is 19.4. The molecule has 1 aliphatic heterocycles. The molecule has 3 nitrogen and oxygen atoms in total. The minimum atomic E-state index is -4.44. The first kappa shape index (κ1) is 13.3. The van der Waals surface area contributed by atoms with E-state index in [0.717, 1.165) is 12.3 Å². The van der Waals surface area contributed by atoms with E-state index in [-0.39, 0.29) is 5.92 Å². The first-order valence-electron chi connectivity index (χ1n) is 5.77. The normalized spacial score (nSPS) is 19.8. The van der Waals surface area contributed by atoms with Crippen LogP contribution in [0, 0.1) is 5.92 Å². The van der Waals surface area contributed by atoms with Crippen molar-refractivity contribution in [2.45, 2.75) is 25.1 Å². The Bertz CT molecular complexity index is 385. The summed E-state index contributed by atoms with van der Waals surface area (Å²) in [6.07, 6.45) is -2.70. The highest BCUT2D eigenvalue weighted by Gasteiger charge is 2.32. The van der Waals surface area contributed by atoms with Gasteiger partial charge in [-0.2, -0.15) is 13.2 Å². The fourth-order valence-corrected chi connectivity index (χ4v) is 2.05. The van der Waals surface area contributed by atoms with Gasteiger partial charge in [-0.1, -0.05) is 6.07 Å². The summed E-state index contributed by atoms with van der Waals surface area (Å²) >= 11 is 0. The number of pyridine rings is 1. The summed E-state index contributed by atoms with van der Waals surface area (Å²) in [4.78, 5) is 3.35. The number of aliphatic hydroxyl groups excluding tert-OH is 1. The van der Waals surface area contributed by atoms with Crippen molar-refractivity contribution in [1.29, 1.82) is 0 Å². The first-order valence-corrected chi connectivity index (χ1v) is 5.77. The largest absolute Gasteiger partial charge is 0.433 e. The molecule has 0 radical (unpaired) electrons. The van der Waals surface area contributed by atoms with Crippen molar-refractivity contribution in [3.05, 3.63) is 29.6 Å². The second-order valence-corrected chi connectivity index (χ2v) is 4.37. The minimum absolute atomic E-state index is 0.0253. The molecule has 0 aliphatic carbocycles. The molecular formula is C12H14F3NO2. The first-order chi connectivity index (χ1) is 8.48. The lowest BCUT2D eigenvalue weighted by Gasteiger charge is -2.26.